The summed E-state index contributed by atoms with van der Waals surface area (Å²) in [7, 11) is 0. The minimum atomic E-state index is -0.403. The van der Waals surface area contributed by atoms with E-state index in [-0.39, 0.29) is 35.6 Å². The van der Waals surface area contributed by atoms with Crippen molar-refractivity contribution in [2.24, 2.45) is 5.92 Å². The zero-order chi connectivity index (χ0) is 22.8. The lowest BCUT2D eigenvalue weighted by molar-refractivity contribution is -0.384. The third kappa shape index (κ3) is 4.72. The fourth-order valence-electron chi connectivity index (χ4n) is 5.16. The van der Waals surface area contributed by atoms with E-state index in [4.69, 9.17) is 4.74 Å². The summed E-state index contributed by atoms with van der Waals surface area (Å²) in [5.74, 6) is -0.159. The van der Waals surface area contributed by atoms with Gasteiger partial charge in [-0.1, -0.05) is 0 Å². The number of rotatable bonds is 4. The van der Waals surface area contributed by atoms with Gasteiger partial charge in [-0.25, -0.2) is 0 Å². The van der Waals surface area contributed by atoms with Gasteiger partial charge in [-0.2, -0.15) is 0 Å². The maximum absolute atomic E-state index is 13.0. The highest BCUT2D eigenvalue weighted by Crippen LogP contribution is 2.32. The Labute approximate surface area is 188 Å². The number of nitrogens with zero attached hydrogens (tertiary/aromatic N) is 4. The fraction of sp³-hybridized carbons (Fsp3) is 0.652. The van der Waals surface area contributed by atoms with Gasteiger partial charge in [-0.15, -0.1) is 0 Å². The van der Waals surface area contributed by atoms with E-state index in [0.29, 0.717) is 50.3 Å². The second kappa shape index (κ2) is 9.44. The molecule has 0 N–H and O–H groups in total. The molecule has 2 unspecified atom stereocenters. The first-order valence-corrected chi connectivity index (χ1v) is 11.6. The van der Waals surface area contributed by atoms with Crippen LogP contribution in [0, 0.1) is 16.0 Å². The Balaban J connectivity index is 1.39. The highest BCUT2D eigenvalue weighted by molar-refractivity contribution is 5.96. The topological polar surface area (TPSA) is 96.2 Å². The maximum Gasteiger partial charge on any atom is 0.293 e. The summed E-state index contributed by atoms with van der Waals surface area (Å²) in [4.78, 5) is 42.9. The van der Waals surface area contributed by atoms with Crippen molar-refractivity contribution < 1.29 is 19.2 Å². The normalized spacial score (nSPS) is 24.6. The van der Waals surface area contributed by atoms with Crippen LogP contribution in [-0.4, -0.2) is 78.0 Å². The van der Waals surface area contributed by atoms with E-state index in [0.717, 1.165) is 25.9 Å². The lowest BCUT2D eigenvalue weighted by atomic mass is 9.94. The third-order valence-electron chi connectivity index (χ3n) is 6.73. The Morgan fingerprint density at radius 3 is 2.22 bits per heavy atom. The lowest BCUT2D eigenvalue weighted by Crippen LogP contribution is -2.51. The maximum atomic E-state index is 13.0. The third-order valence-corrected chi connectivity index (χ3v) is 6.73. The van der Waals surface area contributed by atoms with Gasteiger partial charge in [0.05, 0.1) is 17.1 Å². The molecule has 32 heavy (non-hydrogen) atoms. The zero-order valence-corrected chi connectivity index (χ0v) is 18.9. The Morgan fingerprint density at radius 1 is 1.00 bits per heavy atom. The Kier molecular flexibility index (Phi) is 6.64. The molecule has 9 nitrogen and oxygen atoms in total. The second-order valence-electron chi connectivity index (χ2n) is 9.22. The quantitative estimate of drug-likeness (QED) is 0.523. The number of hydrogen-bond acceptors (Lipinski definition) is 6. The first-order valence-electron chi connectivity index (χ1n) is 11.6. The highest BCUT2D eigenvalue weighted by Gasteiger charge is 2.34. The molecule has 0 saturated carbocycles. The number of nitro groups is 1. The largest absolute Gasteiger partial charge is 0.372 e. The van der Waals surface area contributed by atoms with Crippen LogP contribution in [0.15, 0.2) is 18.2 Å². The number of carbonyl (C=O) groups excluding carboxylic acids is 2. The number of hydrogen-bond donors (Lipinski definition) is 0. The Bertz CT molecular complexity index is 867. The van der Waals surface area contributed by atoms with Gasteiger partial charge in [0.25, 0.3) is 11.6 Å². The van der Waals surface area contributed by atoms with Gasteiger partial charge in [0.2, 0.25) is 5.91 Å². The predicted molar refractivity (Wildman–Crippen MR) is 120 cm³/mol. The summed E-state index contributed by atoms with van der Waals surface area (Å²) in [5.41, 5.74) is 0.904. The van der Waals surface area contributed by atoms with Crippen LogP contribution in [0.4, 0.5) is 11.4 Å². The first-order chi connectivity index (χ1) is 15.3. The molecule has 1 aromatic carbocycles. The number of carbonyl (C=O) groups is 2. The molecular formula is C23H32N4O5. The average molecular weight is 445 g/mol. The number of likely N-dealkylation sites (tertiary alicyclic amines) is 1. The number of morpholine rings is 1. The molecule has 2 amide bonds. The fourth-order valence-corrected chi connectivity index (χ4v) is 5.16. The van der Waals surface area contributed by atoms with Gasteiger partial charge in [-0.3, -0.25) is 19.7 Å². The molecule has 0 radical (unpaired) electrons. The van der Waals surface area contributed by atoms with E-state index < -0.39 is 4.92 Å². The van der Waals surface area contributed by atoms with Crippen LogP contribution in [-0.2, 0) is 9.53 Å². The van der Waals surface area contributed by atoms with Crippen molar-refractivity contribution in [3.8, 4) is 0 Å². The molecule has 0 bridgehead atoms. The van der Waals surface area contributed by atoms with E-state index in [9.17, 15) is 19.7 Å². The summed E-state index contributed by atoms with van der Waals surface area (Å²) in [6.45, 7) is 7.73. The van der Waals surface area contributed by atoms with Crippen LogP contribution in [0.2, 0.25) is 0 Å². The molecule has 3 heterocycles. The number of amides is 2. The molecule has 3 aliphatic rings. The van der Waals surface area contributed by atoms with Gasteiger partial charge >= 0.3 is 0 Å². The van der Waals surface area contributed by atoms with E-state index in [2.05, 4.69) is 0 Å². The van der Waals surface area contributed by atoms with Crippen molar-refractivity contribution in [1.82, 2.24) is 9.80 Å². The van der Waals surface area contributed by atoms with Gasteiger partial charge in [0.15, 0.2) is 0 Å². The van der Waals surface area contributed by atoms with E-state index in [1.807, 2.05) is 23.6 Å². The first kappa shape index (κ1) is 22.5. The minimum Gasteiger partial charge on any atom is -0.372 e. The van der Waals surface area contributed by atoms with Gasteiger partial charge in [-0.05, 0) is 51.7 Å². The van der Waals surface area contributed by atoms with Crippen LogP contribution in [0.5, 0.6) is 0 Å². The van der Waals surface area contributed by atoms with Gasteiger partial charge < -0.3 is 19.4 Å². The van der Waals surface area contributed by atoms with Crippen LogP contribution >= 0.6 is 0 Å². The van der Waals surface area contributed by atoms with Crippen LogP contribution in [0.3, 0.4) is 0 Å². The van der Waals surface area contributed by atoms with Crippen LogP contribution in [0.1, 0.15) is 49.9 Å². The standard InChI is InChI=1S/C23H32N4O5/c1-16-14-26(15-17(2)32-16)22(28)18-7-11-25(12-8-18)23(29)19-5-6-20(21(13-19)27(30)31)24-9-3-4-10-24/h5-6,13,16-18H,3-4,7-12,14-15H2,1-2H3. The zero-order valence-electron chi connectivity index (χ0n) is 18.9. The molecule has 3 saturated heterocycles. The minimum absolute atomic E-state index is 0.0154. The summed E-state index contributed by atoms with van der Waals surface area (Å²) in [6.07, 6.45) is 3.33. The molecule has 3 fully saturated rings. The number of anilines is 1. The Hall–Kier alpha value is -2.68. The molecule has 3 aliphatic heterocycles. The average Bonchev–Trinajstić information content (AvgIpc) is 3.32. The number of benzene rings is 1. The molecule has 174 valence electrons. The predicted octanol–water partition coefficient (Wildman–Crippen LogP) is 2.68. The molecule has 0 spiro atoms. The molecular weight excluding hydrogens is 412 g/mol. The lowest BCUT2D eigenvalue weighted by Gasteiger charge is -2.39. The van der Waals surface area contributed by atoms with E-state index >= 15 is 0 Å². The summed E-state index contributed by atoms with van der Waals surface area (Å²) < 4.78 is 5.72. The number of ether oxygens (including phenoxy) is 1. The monoisotopic (exact) mass is 444 g/mol. The number of nitro benzene ring substituents is 1. The summed E-state index contributed by atoms with van der Waals surface area (Å²) in [6, 6.07) is 4.80. The van der Waals surface area contributed by atoms with Gasteiger partial charge in [0, 0.05) is 56.8 Å². The smallest absolute Gasteiger partial charge is 0.293 e. The van der Waals surface area contributed by atoms with Gasteiger partial charge in [0.1, 0.15) is 5.69 Å². The van der Waals surface area contributed by atoms with Crippen molar-refractivity contribution in [1.29, 1.82) is 0 Å². The van der Waals surface area contributed by atoms with Crippen molar-refractivity contribution in [2.45, 2.75) is 51.7 Å². The van der Waals surface area contributed by atoms with Crippen LogP contribution < -0.4 is 4.90 Å². The SMILES string of the molecule is CC1CN(C(=O)C2CCN(C(=O)c3ccc(N4CCCC4)c([N+](=O)[O-])c3)CC2)CC(C)O1. The molecule has 0 aliphatic carbocycles. The van der Waals surface area contributed by atoms with Crippen molar-refractivity contribution in [3.63, 3.8) is 0 Å². The van der Waals surface area contributed by atoms with Crippen molar-refractivity contribution in [2.75, 3.05) is 44.2 Å². The van der Waals surface area contributed by atoms with Crippen molar-refractivity contribution in [3.05, 3.63) is 33.9 Å². The molecule has 1 aromatic rings. The highest BCUT2D eigenvalue weighted by atomic mass is 16.6. The van der Waals surface area contributed by atoms with Crippen molar-refractivity contribution >= 4 is 23.2 Å². The molecule has 2 atom stereocenters. The molecule has 0 aromatic heterocycles. The second-order valence-corrected chi connectivity index (χ2v) is 9.22. The summed E-state index contributed by atoms with van der Waals surface area (Å²) >= 11 is 0. The van der Waals surface area contributed by atoms with E-state index in [1.165, 1.54) is 6.07 Å². The van der Waals surface area contributed by atoms with Crippen LogP contribution in [0.25, 0.3) is 0 Å². The molecule has 9 heteroatoms. The number of piperidine rings is 1. The summed E-state index contributed by atoms with van der Waals surface area (Å²) in [5, 5.41) is 11.6. The molecule has 4 rings (SSSR count). The Morgan fingerprint density at radius 2 is 1.62 bits per heavy atom. The van der Waals surface area contributed by atoms with E-state index in [1.54, 1.807) is 17.0 Å².